The maximum Gasteiger partial charge on any atom is 0.341 e. The third-order valence-electron chi connectivity index (χ3n) is 5.47. The van der Waals surface area contributed by atoms with Crippen LogP contribution in [-0.2, 0) is 4.74 Å². The smallest absolute Gasteiger partial charge is 0.341 e. The molecule has 3 rings (SSSR count). The van der Waals surface area contributed by atoms with E-state index in [4.69, 9.17) is 4.74 Å². The first-order chi connectivity index (χ1) is 14.8. The number of benzene rings is 1. The van der Waals surface area contributed by atoms with E-state index < -0.39 is 16.8 Å². The first kappa shape index (κ1) is 22.7. The standard InChI is InChI=1S/C22H27N3O5S/c1-4-30-22(27)19-14(2)15(3)31-21(19)23-20(26)17-13-16(25(28)29)9-10-18(17)24-11-7-5-6-8-12-24/h9-10,13H,4-8,11-12H2,1-3H3,(H,23,26). The molecule has 31 heavy (non-hydrogen) atoms. The molecular weight excluding hydrogens is 418 g/mol. The van der Waals surface area contributed by atoms with Gasteiger partial charge in [0.2, 0.25) is 0 Å². The fourth-order valence-corrected chi connectivity index (χ4v) is 4.78. The number of aryl methyl sites for hydroxylation is 1. The van der Waals surface area contributed by atoms with E-state index in [1.165, 1.54) is 23.5 Å². The lowest BCUT2D eigenvalue weighted by Crippen LogP contribution is -2.27. The van der Waals surface area contributed by atoms with Gasteiger partial charge in [-0.2, -0.15) is 0 Å². The summed E-state index contributed by atoms with van der Waals surface area (Å²) >= 11 is 1.29. The van der Waals surface area contributed by atoms with Gasteiger partial charge in [-0.05, 0) is 45.2 Å². The predicted molar refractivity (Wildman–Crippen MR) is 121 cm³/mol. The summed E-state index contributed by atoms with van der Waals surface area (Å²) in [4.78, 5) is 39.6. The van der Waals surface area contributed by atoms with Gasteiger partial charge in [0.1, 0.15) is 5.00 Å². The van der Waals surface area contributed by atoms with E-state index in [1.807, 2.05) is 13.8 Å². The van der Waals surface area contributed by atoms with Crippen molar-refractivity contribution in [1.29, 1.82) is 0 Å². The van der Waals surface area contributed by atoms with Crippen molar-refractivity contribution >= 4 is 39.6 Å². The Kier molecular flexibility index (Phi) is 7.27. The molecule has 1 aliphatic heterocycles. The van der Waals surface area contributed by atoms with Crippen LogP contribution in [0.1, 0.15) is 63.8 Å². The second-order valence-corrected chi connectivity index (χ2v) is 8.75. The first-order valence-electron chi connectivity index (χ1n) is 10.4. The van der Waals surface area contributed by atoms with E-state index >= 15 is 0 Å². The number of hydrogen-bond donors (Lipinski definition) is 1. The Morgan fingerprint density at radius 2 is 1.87 bits per heavy atom. The highest BCUT2D eigenvalue weighted by molar-refractivity contribution is 7.16. The SMILES string of the molecule is CCOC(=O)c1c(NC(=O)c2cc([N+](=O)[O-])ccc2N2CCCCCC2)sc(C)c1C. The number of thiophene rings is 1. The highest BCUT2D eigenvalue weighted by atomic mass is 32.1. The van der Waals surface area contributed by atoms with Crippen molar-refractivity contribution in [2.45, 2.75) is 46.5 Å². The fraction of sp³-hybridized carbons (Fsp3) is 0.455. The Hall–Kier alpha value is -2.94. The van der Waals surface area contributed by atoms with Gasteiger partial charge < -0.3 is 15.0 Å². The lowest BCUT2D eigenvalue weighted by atomic mass is 10.1. The zero-order valence-electron chi connectivity index (χ0n) is 18.0. The van der Waals surface area contributed by atoms with Gasteiger partial charge in [-0.1, -0.05) is 12.8 Å². The summed E-state index contributed by atoms with van der Waals surface area (Å²) in [5.74, 6) is -0.971. The van der Waals surface area contributed by atoms with E-state index in [0.29, 0.717) is 16.3 Å². The average molecular weight is 446 g/mol. The Morgan fingerprint density at radius 1 is 1.19 bits per heavy atom. The normalized spacial score (nSPS) is 14.1. The molecule has 2 aromatic rings. The molecule has 8 nitrogen and oxygen atoms in total. The fourth-order valence-electron chi connectivity index (χ4n) is 3.74. The van der Waals surface area contributed by atoms with Crippen LogP contribution in [0.3, 0.4) is 0 Å². The number of nitro groups is 1. The summed E-state index contributed by atoms with van der Waals surface area (Å²) in [7, 11) is 0. The number of amides is 1. The number of esters is 1. The highest BCUT2D eigenvalue weighted by Crippen LogP contribution is 2.35. The topological polar surface area (TPSA) is 102 Å². The molecule has 1 N–H and O–H groups in total. The molecule has 166 valence electrons. The van der Waals surface area contributed by atoms with Gasteiger partial charge in [0, 0.05) is 30.1 Å². The van der Waals surface area contributed by atoms with Crippen molar-refractivity contribution in [3.05, 3.63) is 49.9 Å². The zero-order chi connectivity index (χ0) is 22.5. The van der Waals surface area contributed by atoms with Gasteiger partial charge in [0.05, 0.1) is 28.3 Å². The third kappa shape index (κ3) is 5.04. The van der Waals surface area contributed by atoms with Crippen LogP contribution in [0, 0.1) is 24.0 Å². The number of hydrogen-bond acceptors (Lipinski definition) is 7. The summed E-state index contributed by atoms with van der Waals surface area (Å²) in [6.07, 6.45) is 4.27. The maximum atomic E-state index is 13.3. The summed E-state index contributed by atoms with van der Waals surface area (Å²) < 4.78 is 5.15. The summed E-state index contributed by atoms with van der Waals surface area (Å²) in [6.45, 7) is 7.22. The van der Waals surface area contributed by atoms with Gasteiger partial charge >= 0.3 is 5.97 Å². The molecule has 0 radical (unpaired) electrons. The number of nitro benzene ring substituents is 1. The third-order valence-corrected chi connectivity index (χ3v) is 6.60. The summed E-state index contributed by atoms with van der Waals surface area (Å²) in [5.41, 5.74) is 1.85. The summed E-state index contributed by atoms with van der Waals surface area (Å²) in [6, 6.07) is 4.39. The van der Waals surface area contributed by atoms with Crippen molar-refractivity contribution < 1.29 is 19.2 Å². The minimum absolute atomic E-state index is 0.145. The molecule has 1 aromatic carbocycles. The van der Waals surface area contributed by atoms with Gasteiger partial charge in [-0.25, -0.2) is 4.79 Å². The molecule has 2 heterocycles. The lowest BCUT2D eigenvalue weighted by molar-refractivity contribution is -0.384. The van der Waals surface area contributed by atoms with Crippen molar-refractivity contribution in [3.8, 4) is 0 Å². The Bertz CT molecular complexity index is 993. The molecule has 1 amide bonds. The van der Waals surface area contributed by atoms with Gasteiger partial charge in [-0.15, -0.1) is 11.3 Å². The predicted octanol–water partition coefficient (Wildman–Crippen LogP) is 5.08. The first-order valence-corrected chi connectivity index (χ1v) is 11.3. The number of rotatable bonds is 6. The Balaban J connectivity index is 1.99. The van der Waals surface area contributed by atoms with E-state index in [9.17, 15) is 19.7 Å². The number of carbonyl (C=O) groups is 2. The van der Waals surface area contributed by atoms with E-state index in [2.05, 4.69) is 10.2 Å². The number of nitrogens with one attached hydrogen (secondary N) is 1. The quantitative estimate of drug-likeness (QED) is 0.378. The average Bonchev–Trinajstić information content (AvgIpc) is 2.92. The molecular formula is C22H27N3O5S. The molecule has 0 atom stereocenters. The van der Waals surface area contributed by atoms with E-state index in [0.717, 1.165) is 49.2 Å². The number of carbonyl (C=O) groups excluding carboxylic acids is 2. The second kappa shape index (κ2) is 9.91. The highest BCUT2D eigenvalue weighted by Gasteiger charge is 2.26. The van der Waals surface area contributed by atoms with Gasteiger partial charge in [-0.3, -0.25) is 14.9 Å². The van der Waals surface area contributed by atoms with Gasteiger partial charge in [0.15, 0.2) is 0 Å². The Labute approximate surface area is 185 Å². The van der Waals surface area contributed by atoms with E-state index in [1.54, 1.807) is 13.0 Å². The minimum Gasteiger partial charge on any atom is -0.462 e. The molecule has 1 saturated heterocycles. The van der Waals surface area contributed by atoms with Crippen LogP contribution in [0.2, 0.25) is 0 Å². The van der Waals surface area contributed by atoms with Crippen molar-refractivity contribution in [1.82, 2.24) is 0 Å². The Morgan fingerprint density at radius 3 is 2.48 bits per heavy atom. The van der Waals surface area contributed by atoms with Crippen LogP contribution in [0.5, 0.6) is 0 Å². The maximum absolute atomic E-state index is 13.3. The summed E-state index contributed by atoms with van der Waals surface area (Å²) in [5, 5.41) is 14.6. The van der Waals surface area contributed by atoms with Crippen molar-refractivity contribution in [3.63, 3.8) is 0 Å². The molecule has 1 fully saturated rings. The van der Waals surface area contributed by atoms with Crippen LogP contribution in [0.4, 0.5) is 16.4 Å². The molecule has 0 bridgehead atoms. The van der Waals surface area contributed by atoms with Crippen molar-refractivity contribution in [2.75, 3.05) is 29.9 Å². The molecule has 0 aliphatic carbocycles. The molecule has 9 heteroatoms. The number of nitrogens with zero attached hydrogens (tertiary/aromatic N) is 2. The van der Waals surface area contributed by atoms with Crippen LogP contribution < -0.4 is 10.2 Å². The lowest BCUT2D eigenvalue weighted by Gasteiger charge is -2.25. The van der Waals surface area contributed by atoms with Crippen LogP contribution in [-0.4, -0.2) is 36.5 Å². The zero-order valence-corrected chi connectivity index (χ0v) is 18.8. The number of anilines is 2. The molecule has 1 aliphatic rings. The van der Waals surface area contributed by atoms with Gasteiger partial charge in [0.25, 0.3) is 11.6 Å². The molecule has 0 saturated carbocycles. The molecule has 1 aromatic heterocycles. The van der Waals surface area contributed by atoms with E-state index in [-0.39, 0.29) is 17.9 Å². The van der Waals surface area contributed by atoms with Crippen LogP contribution >= 0.6 is 11.3 Å². The minimum atomic E-state index is -0.507. The van der Waals surface area contributed by atoms with Crippen LogP contribution in [0.25, 0.3) is 0 Å². The molecule has 0 spiro atoms. The second-order valence-electron chi connectivity index (χ2n) is 7.52. The number of ether oxygens (including phenoxy) is 1. The molecule has 0 unspecified atom stereocenters. The monoisotopic (exact) mass is 445 g/mol. The number of non-ortho nitro benzene ring substituents is 1. The largest absolute Gasteiger partial charge is 0.462 e. The van der Waals surface area contributed by atoms with Crippen molar-refractivity contribution in [2.24, 2.45) is 0 Å². The van der Waals surface area contributed by atoms with Crippen LogP contribution in [0.15, 0.2) is 18.2 Å².